The van der Waals surface area contributed by atoms with Crippen molar-refractivity contribution in [2.45, 2.75) is 58.1 Å². The molecule has 0 N–H and O–H groups in total. The van der Waals surface area contributed by atoms with E-state index in [-0.39, 0.29) is 0 Å². The van der Waals surface area contributed by atoms with Crippen molar-refractivity contribution in [2.24, 2.45) is 11.8 Å². The number of thioether (sulfide) groups is 1. The molecule has 1 aliphatic rings. The van der Waals surface area contributed by atoms with E-state index >= 15 is 0 Å². The van der Waals surface area contributed by atoms with E-state index in [9.17, 15) is 4.79 Å². The summed E-state index contributed by atoms with van der Waals surface area (Å²) in [6.45, 7) is 6.58. The molecule has 0 atom stereocenters. The Balaban J connectivity index is 2.24. The molecule has 0 unspecified atom stereocenters. The van der Waals surface area contributed by atoms with Gasteiger partial charge in [0.15, 0.2) is 0 Å². The van der Waals surface area contributed by atoms with Crippen LogP contribution in [0.15, 0.2) is 0 Å². The van der Waals surface area contributed by atoms with Crippen LogP contribution in [0.5, 0.6) is 0 Å². The predicted molar refractivity (Wildman–Crippen MR) is 68.3 cm³/mol. The van der Waals surface area contributed by atoms with Gasteiger partial charge in [0.25, 0.3) is 0 Å². The molecule has 0 heterocycles. The third-order valence-corrected chi connectivity index (χ3v) is 4.56. The lowest BCUT2D eigenvalue weighted by Crippen LogP contribution is -2.23. The van der Waals surface area contributed by atoms with Crippen molar-refractivity contribution >= 4 is 17.5 Å². The number of rotatable bonds is 5. The van der Waals surface area contributed by atoms with E-state index in [1.807, 2.05) is 0 Å². The van der Waals surface area contributed by atoms with Crippen molar-refractivity contribution < 1.29 is 4.79 Å². The molecule has 0 aromatic rings. The Bertz CT molecular complexity index is 193. The summed E-state index contributed by atoms with van der Waals surface area (Å²) in [5.74, 6) is 2.52. The SMILES string of the molecule is CCC1CCC(C(=O)CSC(C)C)CC1. The van der Waals surface area contributed by atoms with E-state index in [1.165, 1.54) is 19.3 Å². The summed E-state index contributed by atoms with van der Waals surface area (Å²) in [6.07, 6.45) is 6.14. The minimum Gasteiger partial charge on any atom is -0.298 e. The Morgan fingerprint density at radius 3 is 2.33 bits per heavy atom. The van der Waals surface area contributed by atoms with E-state index in [4.69, 9.17) is 0 Å². The first-order chi connectivity index (χ1) is 7.13. The van der Waals surface area contributed by atoms with Gasteiger partial charge in [-0.2, -0.15) is 11.8 Å². The zero-order valence-electron chi connectivity index (χ0n) is 10.3. The van der Waals surface area contributed by atoms with E-state index in [2.05, 4.69) is 20.8 Å². The second kappa shape index (κ2) is 6.57. The van der Waals surface area contributed by atoms with E-state index in [0.717, 1.165) is 24.5 Å². The molecule has 0 aromatic heterocycles. The van der Waals surface area contributed by atoms with Crippen LogP contribution >= 0.6 is 11.8 Å². The summed E-state index contributed by atoms with van der Waals surface area (Å²) in [5.41, 5.74) is 0. The second-order valence-electron chi connectivity index (χ2n) is 4.95. The maximum absolute atomic E-state index is 11.9. The van der Waals surface area contributed by atoms with Crippen molar-refractivity contribution in [3.8, 4) is 0 Å². The lowest BCUT2D eigenvalue weighted by atomic mass is 9.79. The minimum absolute atomic E-state index is 0.388. The monoisotopic (exact) mass is 228 g/mol. The summed E-state index contributed by atoms with van der Waals surface area (Å²) >= 11 is 1.79. The van der Waals surface area contributed by atoms with E-state index < -0.39 is 0 Å². The Hall–Kier alpha value is 0.0200. The number of ketones is 1. The average molecular weight is 228 g/mol. The zero-order valence-corrected chi connectivity index (χ0v) is 11.1. The fraction of sp³-hybridized carbons (Fsp3) is 0.923. The lowest BCUT2D eigenvalue weighted by molar-refractivity contribution is -0.121. The molecule has 0 amide bonds. The summed E-state index contributed by atoms with van der Waals surface area (Å²) in [4.78, 5) is 11.9. The second-order valence-corrected chi connectivity index (χ2v) is 6.52. The van der Waals surface area contributed by atoms with Crippen molar-refractivity contribution in [2.75, 3.05) is 5.75 Å². The molecule has 0 bridgehead atoms. The predicted octanol–water partition coefficient (Wildman–Crippen LogP) is 3.91. The number of carbonyl (C=O) groups excluding carboxylic acids is 1. The maximum atomic E-state index is 11.9. The Morgan fingerprint density at radius 2 is 1.87 bits per heavy atom. The molecule has 1 aliphatic carbocycles. The largest absolute Gasteiger partial charge is 0.298 e. The Kier molecular flexibility index (Phi) is 5.73. The topological polar surface area (TPSA) is 17.1 Å². The van der Waals surface area contributed by atoms with Gasteiger partial charge in [0.2, 0.25) is 0 Å². The first kappa shape index (κ1) is 13.1. The van der Waals surface area contributed by atoms with Gasteiger partial charge >= 0.3 is 0 Å². The highest BCUT2D eigenvalue weighted by atomic mass is 32.2. The van der Waals surface area contributed by atoms with Crippen LogP contribution in [0.25, 0.3) is 0 Å². The third-order valence-electron chi connectivity index (χ3n) is 3.44. The molecule has 1 nitrogen and oxygen atoms in total. The van der Waals surface area contributed by atoms with Crippen LogP contribution in [-0.2, 0) is 4.79 Å². The van der Waals surface area contributed by atoms with Crippen LogP contribution in [0.4, 0.5) is 0 Å². The fourth-order valence-electron chi connectivity index (χ4n) is 2.26. The standard InChI is InChI=1S/C13H24OS/c1-4-11-5-7-12(8-6-11)13(14)9-15-10(2)3/h10-12H,4-9H2,1-3H3. The first-order valence-corrected chi connectivity index (χ1v) is 7.32. The molecular weight excluding hydrogens is 204 g/mol. The van der Waals surface area contributed by atoms with Crippen LogP contribution in [0.1, 0.15) is 52.9 Å². The average Bonchev–Trinajstić information content (AvgIpc) is 2.26. The van der Waals surface area contributed by atoms with Crippen LogP contribution in [0.2, 0.25) is 0 Å². The summed E-state index contributed by atoms with van der Waals surface area (Å²) in [6, 6.07) is 0. The van der Waals surface area contributed by atoms with Gasteiger partial charge < -0.3 is 0 Å². The van der Waals surface area contributed by atoms with Crippen LogP contribution in [-0.4, -0.2) is 16.8 Å². The van der Waals surface area contributed by atoms with E-state index in [1.54, 1.807) is 11.8 Å². The Labute approximate surface area is 98.4 Å². The van der Waals surface area contributed by atoms with Gasteiger partial charge in [-0.1, -0.05) is 27.2 Å². The van der Waals surface area contributed by atoms with Crippen LogP contribution in [0, 0.1) is 11.8 Å². The normalized spacial score (nSPS) is 26.9. The summed E-state index contributed by atoms with van der Waals surface area (Å²) in [5, 5.41) is 0.584. The molecule has 1 rings (SSSR count). The molecule has 0 radical (unpaired) electrons. The number of carbonyl (C=O) groups is 1. The van der Waals surface area contributed by atoms with Crippen molar-refractivity contribution in [1.29, 1.82) is 0 Å². The van der Waals surface area contributed by atoms with E-state index in [0.29, 0.717) is 17.0 Å². The number of Topliss-reactive ketones (excluding diaryl/α,β-unsaturated/α-hetero) is 1. The highest BCUT2D eigenvalue weighted by molar-refractivity contribution is 8.00. The Morgan fingerprint density at radius 1 is 1.27 bits per heavy atom. The van der Waals surface area contributed by atoms with Crippen molar-refractivity contribution in [3.63, 3.8) is 0 Å². The molecule has 0 aromatic carbocycles. The number of hydrogen-bond acceptors (Lipinski definition) is 2. The molecule has 0 saturated heterocycles. The highest BCUT2D eigenvalue weighted by Crippen LogP contribution is 2.31. The quantitative estimate of drug-likeness (QED) is 0.709. The van der Waals surface area contributed by atoms with Gasteiger partial charge in [0.05, 0.1) is 5.75 Å². The van der Waals surface area contributed by atoms with Gasteiger partial charge in [0, 0.05) is 5.92 Å². The minimum atomic E-state index is 0.388. The molecule has 15 heavy (non-hydrogen) atoms. The molecule has 0 spiro atoms. The van der Waals surface area contributed by atoms with Gasteiger partial charge in [-0.3, -0.25) is 4.79 Å². The fourth-order valence-corrected chi connectivity index (χ4v) is 2.99. The first-order valence-electron chi connectivity index (χ1n) is 6.27. The molecular formula is C13H24OS. The summed E-state index contributed by atoms with van der Waals surface area (Å²) in [7, 11) is 0. The van der Waals surface area contributed by atoms with Crippen molar-refractivity contribution in [3.05, 3.63) is 0 Å². The third kappa shape index (κ3) is 4.58. The maximum Gasteiger partial charge on any atom is 0.145 e. The molecule has 88 valence electrons. The van der Waals surface area contributed by atoms with Gasteiger partial charge in [0.1, 0.15) is 5.78 Å². The van der Waals surface area contributed by atoms with Crippen LogP contribution in [0.3, 0.4) is 0 Å². The van der Waals surface area contributed by atoms with Gasteiger partial charge in [-0.05, 0) is 36.9 Å². The number of hydrogen-bond donors (Lipinski definition) is 0. The molecule has 1 fully saturated rings. The zero-order chi connectivity index (χ0) is 11.3. The highest BCUT2D eigenvalue weighted by Gasteiger charge is 2.25. The molecule has 2 heteroatoms. The lowest BCUT2D eigenvalue weighted by Gasteiger charge is -2.26. The molecule has 1 saturated carbocycles. The van der Waals surface area contributed by atoms with Gasteiger partial charge in [-0.25, -0.2) is 0 Å². The van der Waals surface area contributed by atoms with Gasteiger partial charge in [-0.15, -0.1) is 0 Å². The van der Waals surface area contributed by atoms with Crippen LogP contribution < -0.4 is 0 Å². The molecule has 0 aliphatic heterocycles. The smallest absolute Gasteiger partial charge is 0.145 e. The van der Waals surface area contributed by atoms with Crippen molar-refractivity contribution in [1.82, 2.24) is 0 Å². The summed E-state index contributed by atoms with van der Waals surface area (Å²) < 4.78 is 0.